The first-order valence-corrected chi connectivity index (χ1v) is 7.52. The van der Waals surface area contributed by atoms with E-state index in [1.165, 1.54) is 0 Å². The minimum atomic E-state index is -0.162. The van der Waals surface area contributed by atoms with E-state index < -0.39 is 0 Å². The normalized spacial score (nSPS) is 22.8. The van der Waals surface area contributed by atoms with Crippen LogP contribution in [0.1, 0.15) is 61.2 Å². The zero-order valence-corrected chi connectivity index (χ0v) is 12.3. The quantitative estimate of drug-likeness (QED) is 0.867. The summed E-state index contributed by atoms with van der Waals surface area (Å²) in [4.78, 5) is 16.5. The summed E-state index contributed by atoms with van der Waals surface area (Å²) >= 11 is 0. The third kappa shape index (κ3) is 3.60. The average Bonchev–Trinajstić information content (AvgIpc) is 2.81. The van der Waals surface area contributed by atoms with Crippen molar-refractivity contribution in [2.45, 2.75) is 58.4 Å². The van der Waals surface area contributed by atoms with Gasteiger partial charge in [-0.3, -0.25) is 4.79 Å². The molecule has 0 aliphatic heterocycles. The zero-order valence-electron chi connectivity index (χ0n) is 12.3. The van der Waals surface area contributed by atoms with Gasteiger partial charge in [-0.25, -0.2) is 4.98 Å². The van der Waals surface area contributed by atoms with E-state index in [1.807, 2.05) is 0 Å². The third-order valence-electron chi connectivity index (χ3n) is 3.95. The molecule has 1 aliphatic carbocycles. The molecule has 1 amide bonds. The Balaban J connectivity index is 1.91. The van der Waals surface area contributed by atoms with Gasteiger partial charge in [-0.1, -0.05) is 6.92 Å². The summed E-state index contributed by atoms with van der Waals surface area (Å²) in [6, 6.07) is 0.185. The molecule has 0 atom stereocenters. The third-order valence-corrected chi connectivity index (χ3v) is 3.95. The van der Waals surface area contributed by atoms with Crippen LogP contribution in [-0.4, -0.2) is 28.6 Å². The van der Waals surface area contributed by atoms with Crippen molar-refractivity contribution in [1.29, 1.82) is 0 Å². The molecule has 2 rings (SSSR count). The molecule has 5 nitrogen and oxygen atoms in total. The number of carbonyl (C=O) groups is 1. The molecule has 20 heavy (non-hydrogen) atoms. The van der Waals surface area contributed by atoms with Crippen LogP contribution in [0.25, 0.3) is 0 Å². The molecule has 0 saturated heterocycles. The number of aromatic nitrogens is 1. The first-order valence-electron chi connectivity index (χ1n) is 7.52. The van der Waals surface area contributed by atoms with Crippen molar-refractivity contribution in [2.75, 3.05) is 6.61 Å². The van der Waals surface area contributed by atoms with Gasteiger partial charge in [0, 0.05) is 19.1 Å². The number of oxazole rings is 1. The summed E-state index contributed by atoms with van der Waals surface area (Å²) in [5.74, 6) is 1.22. The van der Waals surface area contributed by atoms with Crippen LogP contribution in [0.3, 0.4) is 0 Å². The van der Waals surface area contributed by atoms with E-state index in [0.717, 1.165) is 38.5 Å². The second-order valence-electron chi connectivity index (χ2n) is 5.65. The smallest absolute Gasteiger partial charge is 0.289 e. The maximum absolute atomic E-state index is 12.2. The molecule has 0 spiro atoms. The molecule has 0 aromatic carbocycles. The number of hydrogen-bond acceptors (Lipinski definition) is 4. The standard InChI is InChI=1S/C15H24N2O3/c1-3-4-13-16-10(2)14(20-13)15(19)17-12-7-5-11(9-18)6-8-12/h11-12,18H,3-9H2,1-2H3,(H,17,19). The Hall–Kier alpha value is -1.36. The van der Waals surface area contributed by atoms with Gasteiger partial charge < -0.3 is 14.8 Å². The Kier molecular flexibility index (Phi) is 5.17. The molecule has 1 heterocycles. The SMILES string of the molecule is CCCc1nc(C)c(C(=O)NC2CCC(CO)CC2)o1. The fourth-order valence-electron chi connectivity index (χ4n) is 2.72. The maximum Gasteiger partial charge on any atom is 0.289 e. The lowest BCUT2D eigenvalue weighted by atomic mass is 9.86. The van der Waals surface area contributed by atoms with E-state index in [2.05, 4.69) is 17.2 Å². The molecule has 1 aliphatic rings. The molecule has 1 saturated carbocycles. The van der Waals surface area contributed by atoms with Crippen molar-refractivity contribution in [2.24, 2.45) is 5.92 Å². The minimum absolute atomic E-state index is 0.162. The van der Waals surface area contributed by atoms with Gasteiger partial charge in [0.05, 0.1) is 5.69 Å². The summed E-state index contributed by atoms with van der Waals surface area (Å²) in [7, 11) is 0. The van der Waals surface area contributed by atoms with Crippen LogP contribution in [-0.2, 0) is 6.42 Å². The Labute approximate surface area is 119 Å². The predicted octanol–water partition coefficient (Wildman–Crippen LogP) is 2.22. The van der Waals surface area contributed by atoms with Crippen LogP contribution >= 0.6 is 0 Å². The van der Waals surface area contributed by atoms with Gasteiger partial charge in [0.25, 0.3) is 5.91 Å². The van der Waals surface area contributed by atoms with E-state index in [4.69, 9.17) is 9.52 Å². The number of aliphatic hydroxyl groups is 1. The maximum atomic E-state index is 12.2. The summed E-state index contributed by atoms with van der Waals surface area (Å²) in [6.45, 7) is 4.11. The fraction of sp³-hybridized carbons (Fsp3) is 0.733. The van der Waals surface area contributed by atoms with Crippen LogP contribution in [0.5, 0.6) is 0 Å². The second kappa shape index (κ2) is 6.88. The number of nitrogens with zero attached hydrogens (tertiary/aromatic N) is 1. The number of rotatable bonds is 5. The van der Waals surface area contributed by atoms with Gasteiger partial charge in [-0.2, -0.15) is 0 Å². The number of aryl methyl sites for hydroxylation is 2. The Morgan fingerprint density at radius 3 is 2.70 bits per heavy atom. The van der Waals surface area contributed by atoms with Crippen LogP contribution in [0, 0.1) is 12.8 Å². The minimum Gasteiger partial charge on any atom is -0.435 e. The van der Waals surface area contributed by atoms with Crippen molar-refractivity contribution < 1.29 is 14.3 Å². The average molecular weight is 280 g/mol. The number of carbonyl (C=O) groups excluding carboxylic acids is 1. The number of nitrogens with one attached hydrogen (secondary N) is 1. The summed E-state index contributed by atoms with van der Waals surface area (Å²) in [5, 5.41) is 12.1. The molecule has 2 N–H and O–H groups in total. The monoisotopic (exact) mass is 280 g/mol. The molecule has 0 radical (unpaired) electrons. The van der Waals surface area contributed by atoms with Crippen LogP contribution in [0.15, 0.2) is 4.42 Å². The van der Waals surface area contributed by atoms with Gasteiger partial charge in [-0.05, 0) is 44.9 Å². The lowest BCUT2D eigenvalue weighted by Gasteiger charge is -2.27. The number of hydrogen-bond donors (Lipinski definition) is 2. The molecule has 0 bridgehead atoms. The molecule has 5 heteroatoms. The van der Waals surface area contributed by atoms with Crippen LogP contribution < -0.4 is 5.32 Å². The summed E-state index contributed by atoms with van der Waals surface area (Å²) in [5.41, 5.74) is 0.662. The van der Waals surface area contributed by atoms with Crippen molar-refractivity contribution >= 4 is 5.91 Å². The van der Waals surface area contributed by atoms with E-state index >= 15 is 0 Å². The Morgan fingerprint density at radius 2 is 2.10 bits per heavy atom. The highest BCUT2D eigenvalue weighted by molar-refractivity contribution is 5.92. The highest BCUT2D eigenvalue weighted by atomic mass is 16.4. The van der Waals surface area contributed by atoms with Gasteiger partial charge in [0.2, 0.25) is 5.76 Å². The van der Waals surface area contributed by atoms with Crippen LogP contribution in [0.4, 0.5) is 0 Å². The molecular weight excluding hydrogens is 256 g/mol. The van der Waals surface area contributed by atoms with Gasteiger partial charge >= 0.3 is 0 Å². The van der Waals surface area contributed by atoms with Crippen molar-refractivity contribution in [3.8, 4) is 0 Å². The van der Waals surface area contributed by atoms with E-state index in [0.29, 0.717) is 23.3 Å². The van der Waals surface area contributed by atoms with E-state index in [-0.39, 0.29) is 18.6 Å². The molecule has 0 unspecified atom stereocenters. The van der Waals surface area contributed by atoms with E-state index in [9.17, 15) is 4.79 Å². The first kappa shape index (κ1) is 15.0. The molecule has 1 fully saturated rings. The molecular formula is C15H24N2O3. The zero-order chi connectivity index (χ0) is 14.5. The lowest BCUT2D eigenvalue weighted by Crippen LogP contribution is -2.38. The Bertz CT molecular complexity index is 448. The predicted molar refractivity (Wildman–Crippen MR) is 75.5 cm³/mol. The van der Waals surface area contributed by atoms with Gasteiger partial charge in [0.1, 0.15) is 0 Å². The van der Waals surface area contributed by atoms with Crippen molar-refractivity contribution in [1.82, 2.24) is 10.3 Å². The van der Waals surface area contributed by atoms with Crippen LogP contribution in [0.2, 0.25) is 0 Å². The highest BCUT2D eigenvalue weighted by Crippen LogP contribution is 2.24. The van der Waals surface area contributed by atoms with Crippen molar-refractivity contribution in [3.05, 3.63) is 17.3 Å². The largest absolute Gasteiger partial charge is 0.435 e. The number of amides is 1. The van der Waals surface area contributed by atoms with E-state index in [1.54, 1.807) is 6.92 Å². The summed E-state index contributed by atoms with van der Waals surface area (Å²) in [6.07, 6.45) is 5.50. The number of aliphatic hydroxyl groups excluding tert-OH is 1. The Morgan fingerprint density at radius 1 is 1.40 bits per heavy atom. The topological polar surface area (TPSA) is 75.4 Å². The summed E-state index contributed by atoms with van der Waals surface area (Å²) < 4.78 is 5.54. The highest BCUT2D eigenvalue weighted by Gasteiger charge is 2.24. The lowest BCUT2D eigenvalue weighted by molar-refractivity contribution is 0.0883. The van der Waals surface area contributed by atoms with Gasteiger partial charge in [0.15, 0.2) is 5.89 Å². The molecule has 1 aromatic rings. The molecule has 112 valence electrons. The van der Waals surface area contributed by atoms with Gasteiger partial charge in [-0.15, -0.1) is 0 Å². The first-order chi connectivity index (χ1) is 9.63. The second-order valence-corrected chi connectivity index (χ2v) is 5.65. The molecule has 1 aromatic heterocycles. The fourth-order valence-corrected chi connectivity index (χ4v) is 2.72. The van der Waals surface area contributed by atoms with Crippen molar-refractivity contribution in [3.63, 3.8) is 0 Å².